The molecule has 5 nitrogen and oxygen atoms in total. The van der Waals surface area contributed by atoms with Crippen molar-refractivity contribution < 1.29 is 4.74 Å². The van der Waals surface area contributed by atoms with Crippen LogP contribution >= 0.6 is 23.2 Å². The predicted molar refractivity (Wildman–Crippen MR) is 116 cm³/mol. The Morgan fingerprint density at radius 3 is 2.46 bits per heavy atom. The number of halogens is 2. The molecule has 0 atom stereocenters. The molecule has 0 unspecified atom stereocenters. The van der Waals surface area contributed by atoms with Gasteiger partial charge in [0.2, 0.25) is 0 Å². The van der Waals surface area contributed by atoms with Crippen molar-refractivity contribution in [2.24, 2.45) is 0 Å². The molecule has 0 radical (unpaired) electrons. The Kier molecular flexibility index (Phi) is 8.25. The number of piperidine rings is 1. The molecule has 2 aliphatic rings. The van der Waals surface area contributed by atoms with E-state index in [1.54, 1.807) is 12.3 Å². The van der Waals surface area contributed by atoms with Crippen molar-refractivity contribution in [1.82, 2.24) is 14.8 Å². The van der Waals surface area contributed by atoms with Crippen molar-refractivity contribution in [3.63, 3.8) is 0 Å². The molecule has 2 saturated heterocycles. The number of nitrogens with zero attached hydrogens (tertiary/aromatic N) is 4. The Labute approximate surface area is 178 Å². The van der Waals surface area contributed by atoms with E-state index < -0.39 is 0 Å². The molecule has 1 aromatic rings. The highest BCUT2D eigenvalue weighted by Gasteiger charge is 2.22. The minimum absolute atomic E-state index is 0.256. The Morgan fingerprint density at radius 2 is 1.82 bits per heavy atom. The van der Waals surface area contributed by atoms with Gasteiger partial charge in [0.25, 0.3) is 0 Å². The number of anilines is 1. The van der Waals surface area contributed by atoms with Crippen LogP contribution in [0.25, 0.3) is 0 Å². The number of ether oxygens (including phenoxy) is 1. The summed E-state index contributed by atoms with van der Waals surface area (Å²) in [5, 5.41) is 1.17. The first-order chi connectivity index (χ1) is 13.5. The maximum atomic E-state index is 6.26. The van der Waals surface area contributed by atoms with Gasteiger partial charge in [-0.05, 0) is 32.8 Å². The van der Waals surface area contributed by atoms with Crippen LogP contribution in [-0.2, 0) is 4.74 Å². The number of pyridine rings is 1. The largest absolute Gasteiger partial charge is 0.365 e. The van der Waals surface area contributed by atoms with Crippen LogP contribution in [0.3, 0.4) is 0 Å². The smallest absolute Gasteiger partial charge is 0.147 e. The van der Waals surface area contributed by atoms with Gasteiger partial charge in [-0.3, -0.25) is 9.80 Å². The monoisotopic (exact) mass is 424 g/mol. The molecule has 0 bridgehead atoms. The average Bonchev–Trinajstić information content (AvgIpc) is 2.69. The summed E-state index contributed by atoms with van der Waals surface area (Å²) in [6, 6.07) is 2.38. The molecule has 0 N–H and O–H groups in total. The van der Waals surface area contributed by atoms with Crippen LogP contribution in [0.1, 0.15) is 26.7 Å². The molecule has 7 heteroatoms. The van der Waals surface area contributed by atoms with Gasteiger partial charge in [-0.1, -0.05) is 35.0 Å². The van der Waals surface area contributed by atoms with Crippen molar-refractivity contribution in [2.75, 3.05) is 57.3 Å². The number of aromatic nitrogens is 1. The fourth-order valence-corrected chi connectivity index (χ4v) is 4.19. The normalized spacial score (nSPS) is 19.7. The van der Waals surface area contributed by atoms with Crippen LogP contribution in [0.5, 0.6) is 0 Å². The maximum Gasteiger partial charge on any atom is 0.147 e. The first-order valence-electron chi connectivity index (χ1n) is 10.1. The molecular weight excluding hydrogens is 395 g/mol. The van der Waals surface area contributed by atoms with E-state index in [0.717, 1.165) is 64.5 Å². The highest BCUT2D eigenvalue weighted by Crippen LogP contribution is 2.28. The van der Waals surface area contributed by atoms with Crippen molar-refractivity contribution >= 4 is 29.0 Å². The van der Waals surface area contributed by atoms with Gasteiger partial charge in [0.1, 0.15) is 12.4 Å². The second-order valence-corrected chi connectivity index (χ2v) is 8.56. The van der Waals surface area contributed by atoms with Gasteiger partial charge in [-0.25, -0.2) is 4.98 Å². The second kappa shape index (κ2) is 10.7. The summed E-state index contributed by atoms with van der Waals surface area (Å²) in [5.41, 5.74) is 0. The molecule has 28 heavy (non-hydrogen) atoms. The van der Waals surface area contributed by atoms with Crippen LogP contribution in [-0.4, -0.2) is 79.3 Å². The minimum atomic E-state index is 0.256. The van der Waals surface area contributed by atoms with E-state index in [2.05, 4.69) is 45.4 Å². The molecule has 0 amide bonds. The van der Waals surface area contributed by atoms with Gasteiger partial charge < -0.3 is 9.64 Å². The second-order valence-electron chi connectivity index (χ2n) is 7.72. The molecule has 0 aliphatic carbocycles. The van der Waals surface area contributed by atoms with Crippen LogP contribution < -0.4 is 4.90 Å². The first-order valence-corrected chi connectivity index (χ1v) is 10.9. The van der Waals surface area contributed by atoms with Crippen molar-refractivity contribution in [1.29, 1.82) is 0 Å². The van der Waals surface area contributed by atoms with E-state index in [0.29, 0.717) is 22.7 Å². The minimum Gasteiger partial charge on any atom is -0.365 e. The SMILES string of the molecule is CC(C)N1CCN(CC#CCOC2CCN(c3ncc(Cl)cc3Cl)CC2)CC1. The highest BCUT2D eigenvalue weighted by atomic mass is 35.5. The first kappa shape index (κ1) is 21.7. The molecule has 2 fully saturated rings. The van der Waals surface area contributed by atoms with Crippen molar-refractivity contribution in [3.8, 4) is 11.8 Å². The Morgan fingerprint density at radius 1 is 1.11 bits per heavy atom. The molecule has 3 heterocycles. The lowest BCUT2D eigenvalue weighted by Crippen LogP contribution is -2.48. The number of hydrogen-bond donors (Lipinski definition) is 0. The summed E-state index contributed by atoms with van der Waals surface area (Å²) >= 11 is 12.2. The number of piperazine rings is 1. The third kappa shape index (κ3) is 6.23. The molecule has 0 spiro atoms. The third-order valence-electron chi connectivity index (χ3n) is 5.49. The van der Waals surface area contributed by atoms with Gasteiger partial charge in [-0.2, -0.15) is 0 Å². The maximum absolute atomic E-state index is 6.26. The van der Waals surface area contributed by atoms with Crippen LogP contribution in [0, 0.1) is 11.8 Å². The van der Waals surface area contributed by atoms with Gasteiger partial charge in [0, 0.05) is 51.5 Å². The van der Waals surface area contributed by atoms with E-state index in [1.165, 1.54) is 0 Å². The van der Waals surface area contributed by atoms with Crippen LogP contribution in [0.15, 0.2) is 12.3 Å². The number of hydrogen-bond acceptors (Lipinski definition) is 5. The third-order valence-corrected chi connectivity index (χ3v) is 5.97. The quantitative estimate of drug-likeness (QED) is 0.676. The van der Waals surface area contributed by atoms with E-state index in [-0.39, 0.29) is 6.10 Å². The van der Waals surface area contributed by atoms with Crippen LogP contribution in [0.4, 0.5) is 5.82 Å². The van der Waals surface area contributed by atoms with E-state index in [4.69, 9.17) is 27.9 Å². The van der Waals surface area contributed by atoms with E-state index in [1.807, 2.05) is 0 Å². The lowest BCUT2D eigenvalue weighted by atomic mass is 10.1. The van der Waals surface area contributed by atoms with Gasteiger partial charge in [0.05, 0.1) is 22.7 Å². The fraction of sp³-hybridized carbons (Fsp3) is 0.667. The summed E-state index contributed by atoms with van der Waals surface area (Å²) in [6.45, 7) is 12.1. The molecule has 2 aliphatic heterocycles. The standard InChI is InChI=1S/C21H30Cl2N4O/c1-17(2)26-12-10-25(11-13-26)7-3-4-14-28-19-5-8-27(9-6-19)21-20(23)15-18(22)16-24-21/h15-17,19H,5-14H2,1-2H3. The molecular formula is C21H30Cl2N4O. The highest BCUT2D eigenvalue weighted by molar-refractivity contribution is 6.36. The molecule has 154 valence electrons. The average molecular weight is 425 g/mol. The molecule has 3 rings (SSSR count). The Balaban J connectivity index is 1.33. The fourth-order valence-electron chi connectivity index (χ4n) is 3.69. The lowest BCUT2D eigenvalue weighted by molar-refractivity contribution is 0.0593. The summed E-state index contributed by atoms with van der Waals surface area (Å²) < 4.78 is 5.95. The van der Waals surface area contributed by atoms with E-state index >= 15 is 0 Å². The molecule has 0 saturated carbocycles. The van der Waals surface area contributed by atoms with Gasteiger partial charge >= 0.3 is 0 Å². The zero-order valence-electron chi connectivity index (χ0n) is 16.8. The summed E-state index contributed by atoms with van der Waals surface area (Å²) in [6.07, 6.45) is 3.81. The molecule has 1 aromatic heterocycles. The Bertz CT molecular complexity index is 687. The zero-order valence-corrected chi connectivity index (χ0v) is 18.3. The van der Waals surface area contributed by atoms with Crippen LogP contribution in [0.2, 0.25) is 10.0 Å². The zero-order chi connectivity index (χ0) is 19.9. The van der Waals surface area contributed by atoms with Crippen molar-refractivity contribution in [2.45, 2.75) is 38.8 Å². The Hall–Kier alpha value is -1.03. The predicted octanol–water partition coefficient (Wildman–Crippen LogP) is 3.40. The molecule has 0 aromatic carbocycles. The summed E-state index contributed by atoms with van der Waals surface area (Å²) in [4.78, 5) is 11.5. The summed E-state index contributed by atoms with van der Waals surface area (Å²) in [7, 11) is 0. The summed E-state index contributed by atoms with van der Waals surface area (Å²) in [5.74, 6) is 7.26. The number of rotatable bonds is 5. The van der Waals surface area contributed by atoms with E-state index in [9.17, 15) is 0 Å². The topological polar surface area (TPSA) is 31.8 Å². The van der Waals surface area contributed by atoms with Gasteiger partial charge in [0.15, 0.2) is 0 Å². The van der Waals surface area contributed by atoms with Crippen molar-refractivity contribution in [3.05, 3.63) is 22.3 Å². The lowest BCUT2D eigenvalue weighted by Gasteiger charge is -2.36. The van der Waals surface area contributed by atoms with Gasteiger partial charge in [-0.15, -0.1) is 0 Å².